The van der Waals surface area contributed by atoms with Crippen LogP contribution in [-0.4, -0.2) is 32.1 Å². The van der Waals surface area contributed by atoms with Gasteiger partial charge in [0.05, 0.1) is 0 Å². The third kappa shape index (κ3) is 97.8. The van der Waals surface area contributed by atoms with Gasteiger partial charge in [0.15, 0.2) is 0 Å². The smallest absolute Gasteiger partial charge is 0.894 e. The summed E-state index contributed by atoms with van der Waals surface area (Å²) in [5.74, 6) is 0. The molecule has 0 rings (SSSR count). The maximum atomic E-state index is 8.58. The second-order valence-corrected chi connectivity index (χ2v) is 1.50. The summed E-state index contributed by atoms with van der Waals surface area (Å²) in [6.07, 6.45) is 0. The Morgan fingerprint density at radius 3 is 0.857 bits per heavy atom. The van der Waals surface area contributed by atoms with E-state index in [4.69, 9.17) is 19.2 Å². The average Bonchev–Trinajstić information content (AvgIpc) is 0.722. The summed E-state index contributed by atoms with van der Waals surface area (Å²) in [7, 11) is -5.61. The van der Waals surface area contributed by atoms with Crippen molar-refractivity contribution in [2.45, 2.75) is 0 Å². The van der Waals surface area contributed by atoms with Crippen LogP contribution in [0.5, 0.6) is 0 Å². The van der Waals surface area contributed by atoms with Crippen molar-refractivity contribution in [2.24, 2.45) is 0 Å². The second kappa shape index (κ2) is 5.67. The Hall–Kier alpha value is 1.54. The SMILES string of the molecule is [Mg+2].[O-][Si]([O-])([O-])[O-].[Ti+4]. The topological polar surface area (TPSA) is 92.2 Å². The van der Waals surface area contributed by atoms with Crippen molar-refractivity contribution < 1.29 is 40.9 Å². The van der Waals surface area contributed by atoms with E-state index in [0.717, 1.165) is 0 Å². The van der Waals surface area contributed by atoms with E-state index in [0.29, 0.717) is 0 Å². The molecule has 0 spiro atoms. The Balaban J connectivity index is -0.0000000800. The minimum atomic E-state index is -5.61. The fourth-order valence-corrected chi connectivity index (χ4v) is 0. The van der Waals surface area contributed by atoms with Gasteiger partial charge in [0.2, 0.25) is 0 Å². The van der Waals surface area contributed by atoms with Crippen molar-refractivity contribution in [3.05, 3.63) is 0 Å². The molecule has 4 nitrogen and oxygen atoms in total. The molecule has 0 aliphatic carbocycles. The van der Waals surface area contributed by atoms with E-state index in [1.165, 1.54) is 0 Å². The third-order valence-corrected chi connectivity index (χ3v) is 0. The molecule has 0 aromatic heterocycles. The van der Waals surface area contributed by atoms with E-state index < -0.39 is 9.05 Å². The van der Waals surface area contributed by atoms with Crippen molar-refractivity contribution >= 4 is 32.1 Å². The summed E-state index contributed by atoms with van der Waals surface area (Å²) in [6, 6.07) is 0. The Kier molecular flexibility index (Phi) is 12.8. The van der Waals surface area contributed by atoms with Crippen LogP contribution in [0.25, 0.3) is 0 Å². The maximum Gasteiger partial charge on any atom is 4.00 e. The van der Waals surface area contributed by atoms with Gasteiger partial charge in [0.1, 0.15) is 0 Å². The minimum Gasteiger partial charge on any atom is -0.894 e. The van der Waals surface area contributed by atoms with Crippen LogP contribution in [0, 0.1) is 0 Å². The van der Waals surface area contributed by atoms with Crippen LogP contribution >= 0.6 is 0 Å². The van der Waals surface area contributed by atoms with E-state index in [-0.39, 0.29) is 44.8 Å². The van der Waals surface area contributed by atoms with Crippen LogP contribution in [-0.2, 0) is 21.7 Å². The van der Waals surface area contributed by atoms with Gasteiger partial charge in [-0.1, -0.05) is 0 Å². The predicted octanol–water partition coefficient (Wildman–Crippen LogP) is -5.52. The molecule has 0 aliphatic heterocycles. The minimum absolute atomic E-state index is 0. The first-order valence-corrected chi connectivity index (χ1v) is 2.45. The van der Waals surface area contributed by atoms with Gasteiger partial charge < -0.3 is 28.2 Å². The maximum absolute atomic E-state index is 8.58. The van der Waals surface area contributed by atoms with E-state index in [1.807, 2.05) is 0 Å². The summed E-state index contributed by atoms with van der Waals surface area (Å²) >= 11 is 0. The quantitative estimate of drug-likeness (QED) is 0.334. The van der Waals surface area contributed by atoms with Crippen molar-refractivity contribution in [2.75, 3.05) is 0 Å². The molecular weight excluding hydrogens is 164 g/mol. The largest absolute Gasteiger partial charge is 4.00 e. The van der Waals surface area contributed by atoms with Crippen LogP contribution in [0.3, 0.4) is 0 Å². The second-order valence-electron chi connectivity index (χ2n) is 0.500. The zero-order valence-electron chi connectivity index (χ0n) is 3.34. The molecule has 7 heavy (non-hydrogen) atoms. The van der Waals surface area contributed by atoms with Gasteiger partial charge >= 0.3 is 44.8 Å². The van der Waals surface area contributed by atoms with Crippen molar-refractivity contribution in [1.82, 2.24) is 0 Å². The molecular formula is MgO4SiTi+2. The van der Waals surface area contributed by atoms with Crippen LogP contribution in [0.4, 0.5) is 0 Å². The Morgan fingerprint density at radius 2 is 0.857 bits per heavy atom. The molecule has 0 atom stereocenters. The summed E-state index contributed by atoms with van der Waals surface area (Å²) in [5.41, 5.74) is 0. The van der Waals surface area contributed by atoms with Gasteiger partial charge in [0.25, 0.3) is 0 Å². The molecule has 0 aliphatic rings. The van der Waals surface area contributed by atoms with E-state index in [2.05, 4.69) is 0 Å². The summed E-state index contributed by atoms with van der Waals surface area (Å²) in [6.45, 7) is 0. The summed E-state index contributed by atoms with van der Waals surface area (Å²) in [5, 5.41) is 0. The van der Waals surface area contributed by atoms with Crippen LogP contribution < -0.4 is 19.2 Å². The first kappa shape index (κ1) is 15.8. The molecule has 0 amide bonds. The normalized spacial score (nSPS) is 8.57. The molecule has 0 aromatic rings. The Labute approximate surface area is 72.7 Å². The van der Waals surface area contributed by atoms with Crippen molar-refractivity contribution in [3.63, 3.8) is 0 Å². The van der Waals surface area contributed by atoms with E-state index >= 15 is 0 Å². The fourth-order valence-electron chi connectivity index (χ4n) is 0. The van der Waals surface area contributed by atoms with Crippen LogP contribution in [0.1, 0.15) is 0 Å². The molecule has 0 radical (unpaired) electrons. The Morgan fingerprint density at radius 1 is 0.857 bits per heavy atom. The number of rotatable bonds is 0. The van der Waals surface area contributed by atoms with Gasteiger partial charge in [0, 0.05) is 0 Å². The standard InChI is InChI=1S/Mg.O4Si.Ti/c;1-5(2,3)4;/q+2;-4;+4. The van der Waals surface area contributed by atoms with Crippen LogP contribution in [0.15, 0.2) is 0 Å². The van der Waals surface area contributed by atoms with Gasteiger partial charge in [-0.05, 0) is 0 Å². The molecule has 32 valence electrons. The summed E-state index contributed by atoms with van der Waals surface area (Å²) < 4.78 is 0. The third-order valence-electron chi connectivity index (χ3n) is 0. The van der Waals surface area contributed by atoms with Crippen molar-refractivity contribution in [1.29, 1.82) is 0 Å². The van der Waals surface area contributed by atoms with Gasteiger partial charge in [-0.25, -0.2) is 0 Å². The molecule has 0 saturated carbocycles. The summed E-state index contributed by atoms with van der Waals surface area (Å²) in [4.78, 5) is 34.3. The van der Waals surface area contributed by atoms with Gasteiger partial charge in [-0.2, -0.15) is 0 Å². The zero-order chi connectivity index (χ0) is 4.50. The molecule has 0 bridgehead atoms. The van der Waals surface area contributed by atoms with E-state index in [1.54, 1.807) is 0 Å². The Bertz CT molecular complexity index is 27.2. The molecule has 0 aromatic carbocycles. The van der Waals surface area contributed by atoms with Crippen LogP contribution in [0.2, 0.25) is 0 Å². The molecule has 0 saturated heterocycles. The van der Waals surface area contributed by atoms with Crippen molar-refractivity contribution in [3.8, 4) is 0 Å². The number of hydrogen-bond donors (Lipinski definition) is 0. The number of hydrogen-bond acceptors (Lipinski definition) is 4. The monoisotopic (exact) mass is 164 g/mol. The zero-order valence-corrected chi connectivity index (χ0v) is 7.32. The van der Waals surface area contributed by atoms with E-state index in [9.17, 15) is 0 Å². The molecule has 7 heteroatoms. The predicted molar refractivity (Wildman–Crippen MR) is 11.5 cm³/mol. The first-order valence-electron chi connectivity index (χ1n) is 0.816. The van der Waals surface area contributed by atoms with Gasteiger partial charge in [-0.3, -0.25) is 0 Å². The molecule has 0 fully saturated rings. The molecule has 0 N–H and O–H groups in total. The van der Waals surface area contributed by atoms with Gasteiger partial charge in [-0.15, -0.1) is 0 Å². The molecule has 0 heterocycles. The fraction of sp³-hybridized carbons (Fsp3) is 0. The molecule has 0 unspecified atom stereocenters. The first-order chi connectivity index (χ1) is 2.00. The average molecular weight is 164 g/mol.